The fraction of sp³-hybridized carbons (Fsp3) is 0.176. The molecule has 0 spiro atoms. The summed E-state index contributed by atoms with van der Waals surface area (Å²) < 4.78 is 53.7. The first kappa shape index (κ1) is 17.7. The maximum absolute atomic E-state index is 12.2. The summed E-state index contributed by atoms with van der Waals surface area (Å²) in [5.41, 5.74) is 0.939. The first-order valence-electron chi connectivity index (χ1n) is 7.72. The standard InChI is InChI=1S/C17H18N2O4S2/c20-24(21,12-11-14-5-2-1-3-6-14)18-16-7-4-8-17(13-16)25(22,23)19-15-9-10-15/h1-8,11-13,15,18-19H,9-10H2. The van der Waals surface area contributed by atoms with Gasteiger partial charge in [0.25, 0.3) is 10.0 Å². The van der Waals surface area contributed by atoms with Crippen LogP contribution >= 0.6 is 0 Å². The molecule has 1 aliphatic rings. The molecule has 1 aliphatic carbocycles. The average molecular weight is 378 g/mol. The van der Waals surface area contributed by atoms with Gasteiger partial charge in [0.2, 0.25) is 10.0 Å². The number of hydrogen-bond donors (Lipinski definition) is 2. The SMILES string of the molecule is O=S(=O)(C=Cc1ccccc1)Nc1cccc(S(=O)(=O)NC2CC2)c1. The zero-order valence-corrected chi connectivity index (χ0v) is 14.9. The van der Waals surface area contributed by atoms with Crippen molar-refractivity contribution in [3.8, 4) is 0 Å². The Bertz CT molecular complexity index is 980. The van der Waals surface area contributed by atoms with Crippen molar-refractivity contribution in [3.63, 3.8) is 0 Å². The van der Waals surface area contributed by atoms with Gasteiger partial charge in [0.15, 0.2) is 0 Å². The molecule has 132 valence electrons. The molecule has 0 radical (unpaired) electrons. The summed E-state index contributed by atoms with van der Waals surface area (Å²) in [4.78, 5) is 0.0339. The van der Waals surface area contributed by atoms with Crippen LogP contribution in [-0.4, -0.2) is 22.9 Å². The molecule has 2 N–H and O–H groups in total. The van der Waals surface area contributed by atoms with Gasteiger partial charge in [-0.15, -0.1) is 0 Å². The van der Waals surface area contributed by atoms with Gasteiger partial charge < -0.3 is 0 Å². The number of anilines is 1. The minimum Gasteiger partial charge on any atom is -0.280 e. The lowest BCUT2D eigenvalue weighted by atomic mass is 10.2. The largest absolute Gasteiger partial charge is 0.280 e. The van der Waals surface area contributed by atoms with Crippen molar-refractivity contribution >= 4 is 31.8 Å². The van der Waals surface area contributed by atoms with Crippen LogP contribution in [0.15, 0.2) is 64.9 Å². The second kappa shape index (κ2) is 6.99. The van der Waals surface area contributed by atoms with Crippen LogP contribution in [0.2, 0.25) is 0 Å². The van der Waals surface area contributed by atoms with E-state index in [-0.39, 0.29) is 16.6 Å². The van der Waals surface area contributed by atoms with E-state index in [4.69, 9.17) is 0 Å². The molecule has 0 aliphatic heterocycles. The van der Waals surface area contributed by atoms with Gasteiger partial charge in [0.05, 0.1) is 16.0 Å². The van der Waals surface area contributed by atoms with Gasteiger partial charge in [0.1, 0.15) is 0 Å². The van der Waals surface area contributed by atoms with Crippen molar-refractivity contribution < 1.29 is 16.8 Å². The first-order valence-corrected chi connectivity index (χ1v) is 10.8. The third-order valence-electron chi connectivity index (χ3n) is 3.54. The van der Waals surface area contributed by atoms with Gasteiger partial charge >= 0.3 is 0 Å². The van der Waals surface area contributed by atoms with Crippen LogP contribution in [0.1, 0.15) is 18.4 Å². The first-order chi connectivity index (χ1) is 11.8. The van der Waals surface area contributed by atoms with Crippen LogP contribution in [0.4, 0.5) is 5.69 Å². The number of rotatable bonds is 7. The molecule has 1 saturated carbocycles. The van der Waals surface area contributed by atoms with Gasteiger partial charge in [-0.05, 0) is 42.7 Å². The Balaban J connectivity index is 1.76. The van der Waals surface area contributed by atoms with E-state index in [1.54, 1.807) is 24.3 Å². The summed E-state index contributed by atoms with van der Waals surface area (Å²) in [7, 11) is -7.38. The Morgan fingerprint density at radius 1 is 0.920 bits per heavy atom. The Hall–Kier alpha value is -2.16. The molecule has 0 amide bonds. The van der Waals surface area contributed by atoms with Gasteiger partial charge in [0, 0.05) is 6.04 Å². The van der Waals surface area contributed by atoms with E-state index >= 15 is 0 Å². The molecule has 0 saturated heterocycles. The fourth-order valence-corrected chi connectivity index (χ4v) is 4.36. The molecule has 6 nitrogen and oxygen atoms in total. The minimum atomic E-state index is -3.75. The Kier molecular flexibility index (Phi) is 4.94. The highest BCUT2D eigenvalue weighted by atomic mass is 32.2. The van der Waals surface area contributed by atoms with E-state index in [0.717, 1.165) is 23.8 Å². The molecular formula is C17H18N2O4S2. The molecule has 0 unspecified atom stereocenters. The van der Waals surface area contributed by atoms with Crippen LogP contribution in [-0.2, 0) is 20.0 Å². The average Bonchev–Trinajstić information content (AvgIpc) is 3.37. The van der Waals surface area contributed by atoms with E-state index in [1.807, 2.05) is 6.07 Å². The number of benzene rings is 2. The van der Waals surface area contributed by atoms with Crippen molar-refractivity contribution in [3.05, 3.63) is 65.6 Å². The Morgan fingerprint density at radius 3 is 2.32 bits per heavy atom. The normalized spacial score (nSPS) is 15.4. The molecule has 2 aromatic carbocycles. The summed E-state index contributed by atoms with van der Waals surface area (Å²) in [5.74, 6) is 0. The summed E-state index contributed by atoms with van der Waals surface area (Å²) in [6.07, 6.45) is 3.13. The highest BCUT2D eigenvalue weighted by Gasteiger charge is 2.28. The summed E-state index contributed by atoms with van der Waals surface area (Å²) in [6.45, 7) is 0. The molecule has 0 atom stereocenters. The van der Waals surface area contributed by atoms with Crippen molar-refractivity contribution in [2.24, 2.45) is 0 Å². The van der Waals surface area contributed by atoms with Crippen molar-refractivity contribution in [1.82, 2.24) is 4.72 Å². The second-order valence-corrected chi connectivity index (χ2v) is 9.06. The van der Waals surface area contributed by atoms with E-state index in [2.05, 4.69) is 9.44 Å². The molecule has 8 heteroatoms. The van der Waals surface area contributed by atoms with Crippen LogP contribution in [0.3, 0.4) is 0 Å². The second-order valence-electron chi connectivity index (χ2n) is 5.78. The van der Waals surface area contributed by atoms with E-state index < -0.39 is 20.0 Å². The molecule has 25 heavy (non-hydrogen) atoms. The number of nitrogens with one attached hydrogen (secondary N) is 2. The van der Waals surface area contributed by atoms with Gasteiger partial charge in [-0.25, -0.2) is 21.6 Å². The smallest absolute Gasteiger partial charge is 0.255 e. The summed E-state index contributed by atoms with van der Waals surface area (Å²) >= 11 is 0. The molecule has 2 aromatic rings. The number of hydrogen-bond acceptors (Lipinski definition) is 4. The third-order valence-corrected chi connectivity index (χ3v) is 6.08. The zero-order chi connectivity index (χ0) is 17.9. The van der Waals surface area contributed by atoms with Gasteiger partial charge in [-0.3, -0.25) is 4.72 Å². The lowest BCUT2D eigenvalue weighted by Gasteiger charge is -2.08. The number of sulfonamides is 2. The van der Waals surface area contributed by atoms with Crippen molar-refractivity contribution in [2.45, 2.75) is 23.8 Å². The lowest BCUT2D eigenvalue weighted by molar-refractivity contribution is 0.581. The molecule has 3 rings (SSSR count). The topological polar surface area (TPSA) is 92.3 Å². The quantitative estimate of drug-likeness (QED) is 0.774. The molecule has 1 fully saturated rings. The molecule has 0 heterocycles. The Morgan fingerprint density at radius 2 is 1.64 bits per heavy atom. The van der Waals surface area contributed by atoms with Crippen molar-refractivity contribution in [2.75, 3.05) is 4.72 Å². The summed E-state index contributed by atoms with van der Waals surface area (Å²) in [5, 5.41) is 1.05. The predicted octanol–water partition coefficient (Wildman–Crippen LogP) is 2.54. The van der Waals surface area contributed by atoms with Crippen LogP contribution in [0, 0.1) is 0 Å². The molecule has 0 aromatic heterocycles. The van der Waals surface area contributed by atoms with Gasteiger partial charge in [-0.1, -0.05) is 36.4 Å². The highest BCUT2D eigenvalue weighted by Crippen LogP contribution is 2.23. The fourth-order valence-electron chi connectivity index (χ4n) is 2.15. The van der Waals surface area contributed by atoms with E-state index in [0.29, 0.717) is 0 Å². The maximum atomic E-state index is 12.2. The predicted molar refractivity (Wildman–Crippen MR) is 97.8 cm³/mol. The van der Waals surface area contributed by atoms with Crippen LogP contribution in [0.5, 0.6) is 0 Å². The minimum absolute atomic E-state index is 0.0147. The third kappa shape index (κ3) is 5.15. The highest BCUT2D eigenvalue weighted by molar-refractivity contribution is 7.95. The summed E-state index contributed by atoms with van der Waals surface area (Å²) in [6, 6.07) is 14.7. The van der Waals surface area contributed by atoms with E-state index in [1.165, 1.54) is 30.3 Å². The monoisotopic (exact) mass is 378 g/mol. The van der Waals surface area contributed by atoms with E-state index in [9.17, 15) is 16.8 Å². The maximum Gasteiger partial charge on any atom is 0.255 e. The molecule has 0 bridgehead atoms. The lowest BCUT2D eigenvalue weighted by Crippen LogP contribution is -2.25. The van der Waals surface area contributed by atoms with Crippen LogP contribution < -0.4 is 9.44 Å². The van der Waals surface area contributed by atoms with Crippen molar-refractivity contribution in [1.29, 1.82) is 0 Å². The Labute approximate surface area is 147 Å². The van der Waals surface area contributed by atoms with Gasteiger partial charge in [-0.2, -0.15) is 0 Å². The molecular weight excluding hydrogens is 360 g/mol. The zero-order valence-electron chi connectivity index (χ0n) is 13.3. The van der Waals surface area contributed by atoms with Crippen LogP contribution in [0.25, 0.3) is 6.08 Å².